The number of aromatic nitrogens is 3. The molecule has 0 aliphatic rings. The van der Waals surface area contributed by atoms with Crippen LogP contribution < -0.4 is 16.8 Å². The largest absolute Gasteiger partial charge is 0.389 e. The van der Waals surface area contributed by atoms with Crippen LogP contribution in [-0.2, 0) is 18.1 Å². The Bertz CT molecular complexity index is 877. The lowest BCUT2D eigenvalue weighted by molar-refractivity contribution is 0.0677. The first-order chi connectivity index (χ1) is 11.6. The van der Waals surface area contributed by atoms with Gasteiger partial charge in [0.25, 0.3) is 0 Å². The van der Waals surface area contributed by atoms with Crippen molar-refractivity contribution in [3.8, 4) is 0 Å². The first kappa shape index (κ1) is 16.2. The highest BCUT2D eigenvalue weighted by molar-refractivity contribution is 7.80. The molecule has 0 bridgehead atoms. The molecule has 3 rings (SSSR count). The summed E-state index contributed by atoms with van der Waals surface area (Å²) in [5.41, 5.74) is 14.4. The minimum atomic E-state index is 0.200. The zero-order chi connectivity index (χ0) is 17.1. The van der Waals surface area contributed by atoms with Gasteiger partial charge in [-0.05, 0) is 5.56 Å². The topological polar surface area (TPSA) is 104 Å². The molecule has 0 radical (unpaired) electrons. The van der Waals surface area contributed by atoms with Crippen molar-refractivity contribution in [1.82, 2.24) is 14.5 Å². The van der Waals surface area contributed by atoms with E-state index in [0.717, 1.165) is 5.56 Å². The van der Waals surface area contributed by atoms with E-state index >= 15 is 0 Å². The summed E-state index contributed by atoms with van der Waals surface area (Å²) in [6, 6.07) is 9.90. The second-order valence-electron chi connectivity index (χ2n) is 5.19. The Labute approximate surface area is 144 Å². The fourth-order valence-electron chi connectivity index (χ4n) is 2.59. The third-order valence-corrected chi connectivity index (χ3v) is 3.90. The number of ether oxygens (including phenoxy) is 1. The summed E-state index contributed by atoms with van der Waals surface area (Å²) in [4.78, 5) is 8.72. The van der Waals surface area contributed by atoms with E-state index in [2.05, 4.69) is 15.3 Å². The van der Waals surface area contributed by atoms with Gasteiger partial charge in [-0.25, -0.2) is 9.97 Å². The number of nitrogens with two attached hydrogens (primary N) is 2. The van der Waals surface area contributed by atoms with Crippen molar-refractivity contribution in [2.75, 3.05) is 18.1 Å². The summed E-state index contributed by atoms with van der Waals surface area (Å²) >= 11 is 5.15. The van der Waals surface area contributed by atoms with E-state index in [9.17, 15) is 0 Å². The summed E-state index contributed by atoms with van der Waals surface area (Å²) in [6.07, 6.45) is 1.46. The molecule has 0 fully saturated rings. The van der Waals surface area contributed by atoms with Gasteiger partial charge in [-0.2, -0.15) is 0 Å². The van der Waals surface area contributed by atoms with E-state index in [1.165, 1.54) is 6.33 Å². The Morgan fingerprint density at radius 3 is 2.71 bits per heavy atom. The maximum absolute atomic E-state index is 6.24. The van der Waals surface area contributed by atoms with Crippen LogP contribution in [0.3, 0.4) is 0 Å². The number of benzene rings is 1. The van der Waals surface area contributed by atoms with E-state index < -0.39 is 0 Å². The molecule has 5 N–H and O–H groups in total. The predicted molar refractivity (Wildman–Crippen MR) is 98.6 cm³/mol. The Balaban J connectivity index is 1.96. The highest BCUT2D eigenvalue weighted by Crippen LogP contribution is 2.31. The van der Waals surface area contributed by atoms with E-state index in [-0.39, 0.29) is 11.7 Å². The van der Waals surface area contributed by atoms with Crippen LogP contribution in [0.4, 0.5) is 11.6 Å². The average Bonchev–Trinajstić information content (AvgIpc) is 2.88. The van der Waals surface area contributed by atoms with Gasteiger partial charge in [-0.1, -0.05) is 42.5 Å². The molecular formula is C16H18N6OS. The summed E-state index contributed by atoms with van der Waals surface area (Å²) < 4.78 is 7.52. The molecule has 3 aromatic rings. The second kappa shape index (κ2) is 6.81. The molecule has 124 valence electrons. The zero-order valence-electron chi connectivity index (χ0n) is 13.2. The monoisotopic (exact) mass is 342 g/mol. The maximum atomic E-state index is 6.24. The van der Waals surface area contributed by atoms with Gasteiger partial charge in [-0.3, -0.25) is 4.57 Å². The Morgan fingerprint density at radius 1 is 1.29 bits per heavy atom. The van der Waals surface area contributed by atoms with Crippen LogP contribution in [0.2, 0.25) is 0 Å². The minimum Gasteiger partial charge on any atom is -0.389 e. The number of nitrogens with zero attached hydrogens (tertiary/aromatic N) is 3. The second-order valence-corrected chi connectivity index (χ2v) is 5.63. The molecule has 2 aromatic heterocycles. The molecule has 0 atom stereocenters. The molecule has 0 saturated carbocycles. The molecule has 7 nitrogen and oxygen atoms in total. The van der Waals surface area contributed by atoms with Crippen molar-refractivity contribution in [2.24, 2.45) is 5.73 Å². The minimum absolute atomic E-state index is 0.200. The van der Waals surface area contributed by atoms with Gasteiger partial charge < -0.3 is 21.5 Å². The fraction of sp³-hybridized carbons (Fsp3) is 0.188. The van der Waals surface area contributed by atoms with E-state index in [0.29, 0.717) is 34.8 Å². The van der Waals surface area contributed by atoms with E-state index in [4.69, 9.17) is 28.4 Å². The van der Waals surface area contributed by atoms with Gasteiger partial charge in [-0.15, -0.1) is 0 Å². The van der Waals surface area contributed by atoms with Crippen molar-refractivity contribution in [1.29, 1.82) is 0 Å². The van der Waals surface area contributed by atoms with Crippen LogP contribution in [0, 0.1) is 0 Å². The number of rotatable bonds is 6. The molecule has 8 heteroatoms. The summed E-state index contributed by atoms with van der Waals surface area (Å²) in [5.74, 6) is 1.04. The molecule has 0 amide bonds. The third kappa shape index (κ3) is 2.89. The van der Waals surface area contributed by atoms with Gasteiger partial charge in [0.15, 0.2) is 0 Å². The molecule has 0 unspecified atom stereocenters. The van der Waals surface area contributed by atoms with Crippen LogP contribution in [0.5, 0.6) is 0 Å². The van der Waals surface area contributed by atoms with Crippen LogP contribution >= 0.6 is 12.2 Å². The smallest absolute Gasteiger partial charge is 0.149 e. The van der Waals surface area contributed by atoms with Gasteiger partial charge in [0, 0.05) is 7.05 Å². The van der Waals surface area contributed by atoms with Crippen molar-refractivity contribution in [3.63, 3.8) is 0 Å². The number of nitrogens with one attached hydrogen (secondary N) is 1. The lowest BCUT2D eigenvalue weighted by Crippen LogP contribution is -2.13. The van der Waals surface area contributed by atoms with Crippen molar-refractivity contribution in [3.05, 3.63) is 47.8 Å². The first-order valence-corrected chi connectivity index (χ1v) is 7.76. The zero-order valence-corrected chi connectivity index (χ0v) is 14.0. The van der Waals surface area contributed by atoms with Crippen LogP contribution in [0.15, 0.2) is 36.7 Å². The van der Waals surface area contributed by atoms with Crippen molar-refractivity contribution in [2.45, 2.75) is 13.3 Å². The number of hydrogen-bond donors (Lipinski definition) is 3. The standard InChI is InChI=1S/C16H18N6OS/c1-19-15-12-11(14(18)24)13(17)22(16(12)21-8-20-15)9-23-7-10-5-3-2-4-6-10/h2-6,8H,7,9,17H2,1H3,(H2,18,24)(H,19,20,21). The number of hydrogen-bond acceptors (Lipinski definition) is 6. The predicted octanol–water partition coefficient (Wildman–Crippen LogP) is 1.86. The van der Waals surface area contributed by atoms with Gasteiger partial charge in [0.1, 0.15) is 35.3 Å². The summed E-state index contributed by atoms with van der Waals surface area (Å²) in [7, 11) is 1.77. The highest BCUT2D eigenvalue weighted by atomic mass is 32.1. The molecular weight excluding hydrogens is 324 g/mol. The van der Waals surface area contributed by atoms with Crippen LogP contribution in [0.25, 0.3) is 11.0 Å². The van der Waals surface area contributed by atoms with Crippen molar-refractivity contribution >= 4 is 39.9 Å². The molecule has 0 saturated heterocycles. The van der Waals surface area contributed by atoms with E-state index in [1.54, 1.807) is 11.6 Å². The van der Waals surface area contributed by atoms with Crippen molar-refractivity contribution < 1.29 is 4.74 Å². The third-order valence-electron chi connectivity index (χ3n) is 3.70. The van der Waals surface area contributed by atoms with Crippen LogP contribution in [0.1, 0.15) is 11.1 Å². The normalized spacial score (nSPS) is 10.9. The Kier molecular flexibility index (Phi) is 4.59. The lowest BCUT2D eigenvalue weighted by Gasteiger charge is -2.09. The number of thiocarbonyl (C=S) groups is 1. The molecule has 0 spiro atoms. The number of anilines is 2. The molecule has 0 aliphatic heterocycles. The molecule has 24 heavy (non-hydrogen) atoms. The quantitative estimate of drug-likeness (QED) is 0.587. The molecule has 2 heterocycles. The fourth-order valence-corrected chi connectivity index (χ4v) is 2.79. The summed E-state index contributed by atoms with van der Waals surface area (Å²) in [6.45, 7) is 0.701. The Morgan fingerprint density at radius 2 is 2.04 bits per heavy atom. The highest BCUT2D eigenvalue weighted by Gasteiger charge is 2.21. The van der Waals surface area contributed by atoms with Crippen LogP contribution in [-0.4, -0.2) is 26.6 Å². The number of fused-ring (bicyclic) bond motifs is 1. The molecule has 0 aliphatic carbocycles. The number of nitrogen functional groups attached to an aromatic ring is 1. The molecule has 1 aromatic carbocycles. The van der Waals surface area contributed by atoms with Gasteiger partial charge in [0.05, 0.1) is 17.6 Å². The SMILES string of the molecule is CNc1ncnc2c1c(C(N)=S)c(N)n2COCc1ccccc1. The Hall–Kier alpha value is -2.71. The lowest BCUT2D eigenvalue weighted by atomic mass is 10.2. The maximum Gasteiger partial charge on any atom is 0.149 e. The van der Waals surface area contributed by atoms with Gasteiger partial charge >= 0.3 is 0 Å². The summed E-state index contributed by atoms with van der Waals surface area (Å²) in [5, 5.41) is 3.71. The van der Waals surface area contributed by atoms with E-state index in [1.807, 2.05) is 30.3 Å². The average molecular weight is 342 g/mol. The first-order valence-electron chi connectivity index (χ1n) is 7.35. The van der Waals surface area contributed by atoms with Gasteiger partial charge in [0.2, 0.25) is 0 Å².